The van der Waals surface area contributed by atoms with Crippen LogP contribution in [0.3, 0.4) is 0 Å². The standard InChI is InChI=1S/C12H17ClFN/c1-8(5-9(2)15)6-10-3-4-11(13)7-12(10)14/h3-4,7-9H,5-6,15H2,1-2H3. The minimum absolute atomic E-state index is 0.162. The highest BCUT2D eigenvalue weighted by Crippen LogP contribution is 2.19. The number of halogens is 2. The van der Waals surface area contributed by atoms with Crippen LogP contribution in [-0.4, -0.2) is 6.04 Å². The summed E-state index contributed by atoms with van der Waals surface area (Å²) in [6, 6.07) is 4.99. The van der Waals surface area contributed by atoms with Gasteiger partial charge in [-0.25, -0.2) is 4.39 Å². The summed E-state index contributed by atoms with van der Waals surface area (Å²) >= 11 is 5.68. The van der Waals surface area contributed by atoms with Crippen molar-refractivity contribution >= 4 is 11.6 Å². The Morgan fingerprint density at radius 3 is 2.60 bits per heavy atom. The Morgan fingerprint density at radius 2 is 2.07 bits per heavy atom. The van der Waals surface area contributed by atoms with E-state index in [9.17, 15) is 4.39 Å². The Kier molecular flexibility index (Phi) is 4.55. The molecule has 0 aliphatic carbocycles. The molecular formula is C12H17ClFN. The van der Waals surface area contributed by atoms with E-state index in [-0.39, 0.29) is 11.9 Å². The summed E-state index contributed by atoms with van der Waals surface area (Å²) in [5.41, 5.74) is 6.41. The van der Waals surface area contributed by atoms with Crippen LogP contribution < -0.4 is 5.73 Å². The molecule has 0 aliphatic heterocycles. The summed E-state index contributed by atoms with van der Waals surface area (Å²) in [6.07, 6.45) is 1.62. The fourth-order valence-corrected chi connectivity index (χ4v) is 1.94. The van der Waals surface area contributed by atoms with Gasteiger partial charge in [0.05, 0.1) is 0 Å². The normalized spacial score (nSPS) is 15.0. The van der Waals surface area contributed by atoms with Crippen LogP contribution in [0.15, 0.2) is 18.2 Å². The Balaban J connectivity index is 2.64. The quantitative estimate of drug-likeness (QED) is 0.842. The first-order valence-electron chi connectivity index (χ1n) is 5.18. The molecule has 2 atom stereocenters. The molecule has 0 spiro atoms. The highest BCUT2D eigenvalue weighted by atomic mass is 35.5. The van der Waals surface area contributed by atoms with Crippen LogP contribution in [0.1, 0.15) is 25.8 Å². The second-order valence-electron chi connectivity index (χ2n) is 4.26. The lowest BCUT2D eigenvalue weighted by Gasteiger charge is -2.14. The Labute approximate surface area is 95.4 Å². The largest absolute Gasteiger partial charge is 0.328 e. The van der Waals surface area contributed by atoms with Crippen molar-refractivity contribution in [2.24, 2.45) is 11.7 Å². The van der Waals surface area contributed by atoms with Crippen molar-refractivity contribution in [2.45, 2.75) is 32.7 Å². The maximum Gasteiger partial charge on any atom is 0.127 e. The summed E-state index contributed by atoms with van der Waals surface area (Å²) < 4.78 is 13.4. The van der Waals surface area contributed by atoms with Crippen LogP contribution in [0.2, 0.25) is 5.02 Å². The molecule has 84 valence electrons. The summed E-state index contributed by atoms with van der Waals surface area (Å²) in [5, 5.41) is 0.441. The highest BCUT2D eigenvalue weighted by Gasteiger charge is 2.10. The lowest BCUT2D eigenvalue weighted by Crippen LogP contribution is -2.19. The molecule has 0 saturated heterocycles. The monoisotopic (exact) mass is 229 g/mol. The second kappa shape index (κ2) is 5.47. The van der Waals surface area contributed by atoms with Gasteiger partial charge in [-0.15, -0.1) is 0 Å². The lowest BCUT2D eigenvalue weighted by atomic mass is 9.95. The fraction of sp³-hybridized carbons (Fsp3) is 0.500. The van der Waals surface area contributed by atoms with Crippen molar-refractivity contribution < 1.29 is 4.39 Å². The SMILES string of the molecule is CC(N)CC(C)Cc1ccc(Cl)cc1F. The molecule has 0 heterocycles. The van der Waals surface area contributed by atoms with Gasteiger partial charge in [-0.2, -0.15) is 0 Å². The van der Waals surface area contributed by atoms with E-state index >= 15 is 0 Å². The molecule has 0 aliphatic rings. The zero-order valence-corrected chi connectivity index (χ0v) is 9.89. The molecule has 2 N–H and O–H groups in total. The van der Waals surface area contributed by atoms with Gasteiger partial charge in [0.25, 0.3) is 0 Å². The first-order valence-corrected chi connectivity index (χ1v) is 5.56. The van der Waals surface area contributed by atoms with E-state index in [1.165, 1.54) is 6.07 Å². The van der Waals surface area contributed by atoms with Crippen LogP contribution in [0.25, 0.3) is 0 Å². The van der Waals surface area contributed by atoms with E-state index in [0.29, 0.717) is 22.9 Å². The Hall–Kier alpha value is -0.600. The maximum absolute atomic E-state index is 13.4. The van der Waals surface area contributed by atoms with Crippen molar-refractivity contribution in [2.75, 3.05) is 0 Å². The fourth-order valence-electron chi connectivity index (χ4n) is 1.78. The first-order chi connectivity index (χ1) is 6.99. The average Bonchev–Trinajstić information content (AvgIpc) is 2.08. The van der Waals surface area contributed by atoms with Gasteiger partial charge >= 0.3 is 0 Å². The van der Waals surface area contributed by atoms with Crippen LogP contribution >= 0.6 is 11.6 Å². The van der Waals surface area contributed by atoms with Crippen molar-refractivity contribution in [1.82, 2.24) is 0 Å². The van der Waals surface area contributed by atoms with Crippen molar-refractivity contribution in [1.29, 1.82) is 0 Å². The highest BCUT2D eigenvalue weighted by molar-refractivity contribution is 6.30. The van der Waals surface area contributed by atoms with E-state index in [1.54, 1.807) is 12.1 Å². The number of nitrogens with two attached hydrogens (primary N) is 1. The molecule has 1 nitrogen and oxygen atoms in total. The summed E-state index contributed by atoms with van der Waals surface area (Å²) in [5.74, 6) is 0.166. The van der Waals surface area contributed by atoms with Gasteiger partial charge in [0.2, 0.25) is 0 Å². The summed E-state index contributed by atoms with van der Waals surface area (Å²) in [6.45, 7) is 4.05. The molecule has 0 saturated carbocycles. The van der Waals surface area contributed by atoms with Crippen LogP contribution in [0.4, 0.5) is 4.39 Å². The third kappa shape index (κ3) is 4.18. The second-order valence-corrected chi connectivity index (χ2v) is 4.69. The van der Waals surface area contributed by atoms with Gasteiger partial charge in [0.15, 0.2) is 0 Å². The van der Waals surface area contributed by atoms with E-state index in [4.69, 9.17) is 17.3 Å². The third-order valence-electron chi connectivity index (χ3n) is 2.36. The predicted molar refractivity (Wildman–Crippen MR) is 62.5 cm³/mol. The minimum Gasteiger partial charge on any atom is -0.328 e. The summed E-state index contributed by atoms with van der Waals surface area (Å²) in [7, 11) is 0. The van der Waals surface area contributed by atoms with Gasteiger partial charge < -0.3 is 5.73 Å². The molecule has 0 fully saturated rings. The van der Waals surface area contributed by atoms with Gasteiger partial charge in [-0.1, -0.05) is 24.6 Å². The molecule has 1 rings (SSSR count). The Morgan fingerprint density at radius 1 is 1.40 bits per heavy atom. The predicted octanol–water partition coefficient (Wildman–Crippen LogP) is 3.40. The molecule has 1 aromatic rings. The molecular weight excluding hydrogens is 213 g/mol. The Bertz CT molecular complexity index is 325. The summed E-state index contributed by atoms with van der Waals surface area (Å²) in [4.78, 5) is 0. The first kappa shape index (κ1) is 12.5. The number of rotatable bonds is 4. The molecule has 3 heteroatoms. The molecule has 1 aromatic carbocycles. The zero-order valence-electron chi connectivity index (χ0n) is 9.13. The minimum atomic E-state index is -0.223. The molecule has 0 radical (unpaired) electrons. The van der Waals surface area contributed by atoms with Crippen LogP contribution in [0, 0.1) is 11.7 Å². The average molecular weight is 230 g/mol. The van der Waals surface area contributed by atoms with E-state index in [1.807, 2.05) is 6.92 Å². The maximum atomic E-state index is 13.4. The molecule has 0 bridgehead atoms. The van der Waals surface area contributed by atoms with Crippen molar-refractivity contribution in [3.05, 3.63) is 34.6 Å². The number of hydrogen-bond donors (Lipinski definition) is 1. The van der Waals surface area contributed by atoms with E-state index in [2.05, 4.69) is 6.92 Å². The smallest absolute Gasteiger partial charge is 0.127 e. The molecule has 0 amide bonds. The molecule has 0 aromatic heterocycles. The van der Waals surface area contributed by atoms with Crippen LogP contribution in [-0.2, 0) is 6.42 Å². The third-order valence-corrected chi connectivity index (χ3v) is 2.59. The number of hydrogen-bond acceptors (Lipinski definition) is 1. The molecule has 2 unspecified atom stereocenters. The lowest BCUT2D eigenvalue weighted by molar-refractivity contribution is 0.469. The molecule has 15 heavy (non-hydrogen) atoms. The van der Waals surface area contributed by atoms with Crippen molar-refractivity contribution in [3.63, 3.8) is 0 Å². The van der Waals surface area contributed by atoms with E-state index in [0.717, 1.165) is 6.42 Å². The topological polar surface area (TPSA) is 26.0 Å². The zero-order chi connectivity index (χ0) is 11.4. The van der Waals surface area contributed by atoms with Crippen LogP contribution in [0.5, 0.6) is 0 Å². The van der Waals surface area contributed by atoms with Gasteiger partial charge in [0.1, 0.15) is 5.82 Å². The van der Waals surface area contributed by atoms with Gasteiger partial charge in [0, 0.05) is 11.1 Å². The van der Waals surface area contributed by atoms with Gasteiger partial charge in [-0.05, 0) is 43.4 Å². The number of benzene rings is 1. The van der Waals surface area contributed by atoms with E-state index < -0.39 is 0 Å². The van der Waals surface area contributed by atoms with Crippen molar-refractivity contribution in [3.8, 4) is 0 Å². The van der Waals surface area contributed by atoms with Gasteiger partial charge in [-0.3, -0.25) is 0 Å².